The van der Waals surface area contributed by atoms with Crippen LogP contribution in [0.2, 0.25) is 0 Å². The zero-order chi connectivity index (χ0) is 13.0. The number of nitrogens with two attached hydrogens (primary N) is 1. The van der Waals surface area contributed by atoms with Gasteiger partial charge in [0.15, 0.2) is 0 Å². The first-order valence-corrected chi connectivity index (χ1v) is 5.84. The summed E-state index contributed by atoms with van der Waals surface area (Å²) in [6, 6.07) is 17.8. The van der Waals surface area contributed by atoms with Crippen LogP contribution < -0.4 is 5.73 Å². The van der Waals surface area contributed by atoms with Crippen LogP contribution in [0.4, 0.5) is 5.69 Å². The molecule has 2 N–H and O–H groups in total. The number of nitrogen functional groups attached to an aromatic ring is 1. The maximum Gasteiger partial charge on any atom is 0.0996 e. The van der Waals surface area contributed by atoms with E-state index in [-0.39, 0.29) is 0 Å². The molecule has 0 aromatic heterocycles. The molecule has 0 aliphatic rings. The van der Waals surface area contributed by atoms with E-state index in [1.807, 2.05) is 68.7 Å². The lowest BCUT2D eigenvalue weighted by Gasteiger charge is -2.13. The Kier molecular flexibility index (Phi) is 3.63. The summed E-state index contributed by atoms with van der Waals surface area (Å²) in [7, 11) is 3.81. The van der Waals surface area contributed by atoms with Gasteiger partial charge in [-0.25, -0.2) is 0 Å². The Morgan fingerprint density at radius 2 is 1.56 bits per heavy atom. The normalized spacial score (nSPS) is 11.3. The number of hydrogen-bond acceptors (Lipinski definition) is 3. The molecular weight excluding hydrogens is 222 g/mol. The lowest BCUT2D eigenvalue weighted by atomic mass is 10.0. The quantitative estimate of drug-likeness (QED) is 0.508. The second-order valence-electron chi connectivity index (χ2n) is 4.25. The molecule has 0 aliphatic carbocycles. The highest BCUT2D eigenvalue weighted by molar-refractivity contribution is 6.15. The second kappa shape index (κ2) is 5.36. The number of para-hydroxylation sites is 1. The van der Waals surface area contributed by atoms with Gasteiger partial charge in [-0.15, -0.1) is 0 Å². The number of hydrogen-bond donors (Lipinski definition) is 1. The number of nitrogens with zero attached hydrogens (tertiary/aromatic N) is 2. The third-order valence-electron chi connectivity index (χ3n) is 2.56. The van der Waals surface area contributed by atoms with Crippen molar-refractivity contribution in [3.63, 3.8) is 0 Å². The maximum atomic E-state index is 6.04. The molecule has 0 fully saturated rings. The lowest BCUT2D eigenvalue weighted by Crippen LogP contribution is -2.13. The van der Waals surface area contributed by atoms with E-state index in [9.17, 15) is 0 Å². The Balaban J connectivity index is 2.55. The fraction of sp³-hybridized carbons (Fsp3) is 0.133. The van der Waals surface area contributed by atoms with Crippen molar-refractivity contribution in [2.45, 2.75) is 0 Å². The first-order valence-electron chi connectivity index (χ1n) is 5.84. The summed E-state index contributed by atoms with van der Waals surface area (Å²) < 4.78 is 0. The molecule has 2 aromatic carbocycles. The van der Waals surface area contributed by atoms with Crippen LogP contribution in [0.15, 0.2) is 59.7 Å². The van der Waals surface area contributed by atoms with E-state index >= 15 is 0 Å². The van der Waals surface area contributed by atoms with Crippen LogP contribution in [0.25, 0.3) is 0 Å². The van der Waals surface area contributed by atoms with E-state index in [4.69, 9.17) is 5.73 Å². The summed E-state index contributed by atoms with van der Waals surface area (Å²) in [4.78, 5) is 0. The molecule has 0 saturated carbocycles. The van der Waals surface area contributed by atoms with Crippen LogP contribution in [-0.4, -0.2) is 24.8 Å². The molecule has 0 heterocycles. The third kappa shape index (κ3) is 2.69. The number of hydrazone groups is 1. The van der Waals surface area contributed by atoms with Crippen molar-refractivity contribution in [1.29, 1.82) is 0 Å². The highest BCUT2D eigenvalue weighted by Crippen LogP contribution is 2.17. The molecule has 0 saturated heterocycles. The second-order valence-corrected chi connectivity index (χ2v) is 4.25. The van der Waals surface area contributed by atoms with Gasteiger partial charge in [-0.1, -0.05) is 48.5 Å². The monoisotopic (exact) mass is 239 g/mol. The predicted octanol–water partition coefficient (Wildman–Crippen LogP) is 2.58. The largest absolute Gasteiger partial charge is 0.398 e. The van der Waals surface area contributed by atoms with Crippen molar-refractivity contribution in [3.8, 4) is 0 Å². The van der Waals surface area contributed by atoms with Crippen molar-refractivity contribution in [2.75, 3.05) is 19.8 Å². The van der Waals surface area contributed by atoms with Crippen LogP contribution in [0.1, 0.15) is 11.1 Å². The van der Waals surface area contributed by atoms with Crippen molar-refractivity contribution in [2.24, 2.45) is 5.10 Å². The minimum Gasteiger partial charge on any atom is -0.398 e. The maximum absolute atomic E-state index is 6.04. The van der Waals surface area contributed by atoms with Crippen molar-refractivity contribution < 1.29 is 0 Å². The summed E-state index contributed by atoms with van der Waals surface area (Å²) in [6.07, 6.45) is 0. The standard InChI is InChI=1S/C15H17N3/c1-18(2)17-15(12-8-4-3-5-9-12)13-10-6-7-11-14(13)16/h3-11H,16H2,1-2H3/b17-15+. The van der Waals surface area contributed by atoms with Gasteiger partial charge in [0.05, 0.1) is 5.71 Å². The van der Waals surface area contributed by atoms with E-state index in [1.165, 1.54) is 0 Å². The van der Waals surface area contributed by atoms with Crippen LogP contribution in [-0.2, 0) is 0 Å². The van der Waals surface area contributed by atoms with Gasteiger partial charge >= 0.3 is 0 Å². The number of benzene rings is 2. The summed E-state index contributed by atoms with van der Waals surface area (Å²) in [5.41, 5.74) is 9.68. The van der Waals surface area contributed by atoms with E-state index in [1.54, 1.807) is 5.01 Å². The molecule has 0 amide bonds. The highest BCUT2D eigenvalue weighted by atomic mass is 15.4. The average Bonchev–Trinajstić information content (AvgIpc) is 2.38. The Labute approximate surface area is 108 Å². The summed E-state index contributed by atoms with van der Waals surface area (Å²) >= 11 is 0. The Morgan fingerprint density at radius 3 is 2.17 bits per heavy atom. The Hall–Kier alpha value is -2.29. The van der Waals surface area contributed by atoms with Gasteiger partial charge < -0.3 is 10.7 Å². The summed E-state index contributed by atoms with van der Waals surface area (Å²) in [6.45, 7) is 0. The molecule has 3 heteroatoms. The molecule has 18 heavy (non-hydrogen) atoms. The van der Waals surface area contributed by atoms with Gasteiger partial charge in [-0.05, 0) is 6.07 Å². The predicted molar refractivity (Wildman–Crippen MR) is 76.6 cm³/mol. The molecule has 0 bridgehead atoms. The number of rotatable bonds is 3. The molecule has 3 nitrogen and oxygen atoms in total. The molecular formula is C15H17N3. The van der Waals surface area contributed by atoms with Crippen LogP contribution in [0.3, 0.4) is 0 Å². The van der Waals surface area contributed by atoms with Gasteiger partial charge in [0.2, 0.25) is 0 Å². The zero-order valence-corrected chi connectivity index (χ0v) is 10.7. The molecule has 2 rings (SSSR count). The average molecular weight is 239 g/mol. The van der Waals surface area contributed by atoms with Crippen LogP contribution >= 0.6 is 0 Å². The Morgan fingerprint density at radius 1 is 0.944 bits per heavy atom. The molecule has 0 atom stereocenters. The molecule has 0 spiro atoms. The smallest absolute Gasteiger partial charge is 0.0996 e. The topological polar surface area (TPSA) is 41.6 Å². The minimum atomic E-state index is 0.738. The minimum absolute atomic E-state index is 0.738. The third-order valence-corrected chi connectivity index (χ3v) is 2.56. The summed E-state index contributed by atoms with van der Waals surface area (Å²) in [5.74, 6) is 0. The summed E-state index contributed by atoms with van der Waals surface area (Å²) in [5, 5.41) is 6.33. The van der Waals surface area contributed by atoms with Gasteiger partial charge in [-0.2, -0.15) is 5.10 Å². The molecule has 0 unspecified atom stereocenters. The molecule has 92 valence electrons. The van der Waals surface area contributed by atoms with Gasteiger partial charge in [0, 0.05) is 30.9 Å². The van der Waals surface area contributed by atoms with Gasteiger partial charge in [0.1, 0.15) is 0 Å². The van der Waals surface area contributed by atoms with Gasteiger partial charge in [0.25, 0.3) is 0 Å². The fourth-order valence-corrected chi connectivity index (χ4v) is 1.78. The Bertz CT molecular complexity index is 545. The first kappa shape index (κ1) is 12.2. The van der Waals surface area contributed by atoms with Crippen molar-refractivity contribution in [1.82, 2.24) is 5.01 Å². The first-order chi connectivity index (χ1) is 8.68. The van der Waals surface area contributed by atoms with Crippen LogP contribution in [0, 0.1) is 0 Å². The zero-order valence-electron chi connectivity index (χ0n) is 10.7. The van der Waals surface area contributed by atoms with Crippen molar-refractivity contribution in [3.05, 3.63) is 65.7 Å². The van der Waals surface area contributed by atoms with E-state index in [0.29, 0.717) is 0 Å². The molecule has 2 aromatic rings. The lowest BCUT2D eigenvalue weighted by molar-refractivity contribution is 0.438. The molecule has 0 radical (unpaired) electrons. The van der Waals surface area contributed by atoms with Crippen LogP contribution in [0.5, 0.6) is 0 Å². The van der Waals surface area contributed by atoms with E-state index in [2.05, 4.69) is 5.10 Å². The SMILES string of the molecule is CN(C)/N=C(\c1ccccc1)c1ccccc1N. The van der Waals surface area contributed by atoms with Gasteiger partial charge in [-0.3, -0.25) is 0 Å². The van der Waals surface area contributed by atoms with E-state index < -0.39 is 0 Å². The van der Waals surface area contributed by atoms with E-state index in [0.717, 1.165) is 22.5 Å². The fourth-order valence-electron chi connectivity index (χ4n) is 1.78. The van der Waals surface area contributed by atoms with Crippen molar-refractivity contribution >= 4 is 11.4 Å². The molecule has 0 aliphatic heterocycles. The number of anilines is 1. The highest BCUT2D eigenvalue weighted by Gasteiger charge is 2.10.